The van der Waals surface area contributed by atoms with Gasteiger partial charge in [0, 0.05) is 11.8 Å². The van der Waals surface area contributed by atoms with Gasteiger partial charge in [-0.3, -0.25) is 0 Å². The molecule has 0 saturated heterocycles. The molecule has 4 heteroatoms. The zero-order valence-corrected chi connectivity index (χ0v) is 10.7. The number of fused-ring (bicyclic) bond motifs is 1. The van der Waals surface area contributed by atoms with Crippen molar-refractivity contribution < 1.29 is 14.3 Å². The van der Waals surface area contributed by atoms with Crippen LogP contribution in [0.5, 0.6) is 5.75 Å². The molecule has 0 atom stereocenters. The third kappa shape index (κ3) is 2.13. The van der Waals surface area contributed by atoms with Gasteiger partial charge >= 0.3 is 0 Å². The first-order chi connectivity index (χ1) is 8.21. The fraction of sp³-hybridized carbons (Fsp3) is 0.385. The monoisotopic (exact) mass is 254 g/mol. The van der Waals surface area contributed by atoms with Crippen LogP contribution in [-0.4, -0.2) is 11.7 Å². The van der Waals surface area contributed by atoms with Crippen LogP contribution >= 0.6 is 11.6 Å². The van der Waals surface area contributed by atoms with Gasteiger partial charge in [-0.05, 0) is 19.1 Å². The highest BCUT2D eigenvalue weighted by molar-refractivity contribution is 6.33. The first kappa shape index (κ1) is 12.3. The molecule has 0 bridgehead atoms. The first-order valence-corrected chi connectivity index (χ1v) is 6.06. The number of aliphatic hydroxyl groups is 1. The molecular formula is C13H15ClO3. The van der Waals surface area contributed by atoms with Gasteiger partial charge in [-0.1, -0.05) is 18.5 Å². The number of hydrogen-bond donors (Lipinski definition) is 1. The zero-order chi connectivity index (χ0) is 12.4. The van der Waals surface area contributed by atoms with Gasteiger partial charge in [0.25, 0.3) is 0 Å². The Kier molecular flexibility index (Phi) is 3.60. The van der Waals surface area contributed by atoms with E-state index in [1.54, 1.807) is 0 Å². The highest BCUT2D eigenvalue weighted by Gasteiger charge is 2.16. The molecule has 1 aromatic heterocycles. The summed E-state index contributed by atoms with van der Waals surface area (Å²) < 4.78 is 11.1. The topological polar surface area (TPSA) is 42.6 Å². The fourth-order valence-corrected chi connectivity index (χ4v) is 2.16. The smallest absolute Gasteiger partial charge is 0.147 e. The third-order valence-electron chi connectivity index (χ3n) is 2.65. The van der Waals surface area contributed by atoms with E-state index >= 15 is 0 Å². The van der Waals surface area contributed by atoms with E-state index < -0.39 is 0 Å². The normalized spacial score (nSPS) is 11.1. The lowest BCUT2D eigenvalue weighted by molar-refractivity contribution is 0.267. The van der Waals surface area contributed by atoms with E-state index in [-0.39, 0.29) is 6.61 Å². The van der Waals surface area contributed by atoms with Crippen LogP contribution < -0.4 is 4.74 Å². The van der Waals surface area contributed by atoms with Gasteiger partial charge in [-0.15, -0.1) is 0 Å². The molecule has 0 radical (unpaired) electrons. The summed E-state index contributed by atoms with van der Waals surface area (Å²) in [5, 5.41) is 10.9. The van der Waals surface area contributed by atoms with Crippen LogP contribution in [0, 0.1) is 0 Å². The second-order valence-corrected chi connectivity index (χ2v) is 4.15. The molecule has 0 saturated carbocycles. The number of ether oxygens (including phenoxy) is 1. The number of benzene rings is 1. The van der Waals surface area contributed by atoms with Crippen molar-refractivity contribution in [3.8, 4) is 5.75 Å². The molecule has 0 unspecified atom stereocenters. The van der Waals surface area contributed by atoms with Gasteiger partial charge in [-0.2, -0.15) is 0 Å². The van der Waals surface area contributed by atoms with Crippen LogP contribution in [0.2, 0.25) is 5.02 Å². The Morgan fingerprint density at radius 2 is 2.12 bits per heavy atom. The van der Waals surface area contributed by atoms with Gasteiger partial charge in [0.1, 0.15) is 17.1 Å². The molecule has 2 rings (SSSR count). The van der Waals surface area contributed by atoms with Crippen LogP contribution in [-0.2, 0) is 13.0 Å². The van der Waals surface area contributed by atoms with Crippen molar-refractivity contribution in [1.29, 1.82) is 0 Å². The summed E-state index contributed by atoms with van der Waals surface area (Å²) in [5.74, 6) is 1.39. The molecule has 92 valence electrons. The Balaban J connectivity index is 2.69. The van der Waals surface area contributed by atoms with E-state index in [9.17, 15) is 5.11 Å². The summed E-state index contributed by atoms with van der Waals surface area (Å²) in [6.07, 6.45) is 0.807. The largest absolute Gasteiger partial charge is 0.492 e. The van der Waals surface area contributed by atoms with Crippen molar-refractivity contribution >= 4 is 22.6 Å². The number of rotatable bonds is 4. The molecule has 17 heavy (non-hydrogen) atoms. The number of aryl methyl sites for hydroxylation is 1. The summed E-state index contributed by atoms with van der Waals surface area (Å²) in [5.41, 5.74) is 1.28. The molecule has 0 fully saturated rings. The van der Waals surface area contributed by atoms with E-state index in [2.05, 4.69) is 0 Å². The minimum Gasteiger partial charge on any atom is -0.492 e. The standard InChI is InChI=1S/C13H15ClO3/c1-3-9-5-8-6-11(14)13(16-4-2)10(7-15)12(8)17-9/h5-6,15H,3-4,7H2,1-2H3. The predicted molar refractivity (Wildman–Crippen MR) is 67.7 cm³/mol. The molecule has 1 aromatic carbocycles. The number of hydrogen-bond acceptors (Lipinski definition) is 3. The maximum Gasteiger partial charge on any atom is 0.147 e. The van der Waals surface area contributed by atoms with E-state index in [0.29, 0.717) is 28.5 Å². The van der Waals surface area contributed by atoms with Gasteiger partial charge in [-0.25, -0.2) is 0 Å². The lowest BCUT2D eigenvalue weighted by atomic mass is 10.1. The van der Waals surface area contributed by atoms with E-state index in [1.165, 1.54) is 0 Å². The third-order valence-corrected chi connectivity index (χ3v) is 2.94. The van der Waals surface area contributed by atoms with E-state index in [1.807, 2.05) is 26.0 Å². The van der Waals surface area contributed by atoms with Gasteiger partial charge in [0.2, 0.25) is 0 Å². The highest BCUT2D eigenvalue weighted by atomic mass is 35.5. The summed E-state index contributed by atoms with van der Waals surface area (Å²) >= 11 is 6.14. The van der Waals surface area contributed by atoms with E-state index in [0.717, 1.165) is 17.6 Å². The second kappa shape index (κ2) is 4.98. The van der Waals surface area contributed by atoms with Crippen LogP contribution in [0.25, 0.3) is 11.0 Å². The highest BCUT2D eigenvalue weighted by Crippen LogP contribution is 2.37. The van der Waals surface area contributed by atoms with Crippen LogP contribution in [0.3, 0.4) is 0 Å². The minimum absolute atomic E-state index is 0.150. The number of aliphatic hydroxyl groups excluding tert-OH is 1. The van der Waals surface area contributed by atoms with Gasteiger partial charge in [0.05, 0.1) is 23.8 Å². The SMILES string of the molecule is CCOc1c(Cl)cc2cc(CC)oc2c1CO. The van der Waals surface area contributed by atoms with Crippen molar-refractivity contribution in [2.75, 3.05) is 6.61 Å². The molecule has 1 N–H and O–H groups in total. The lowest BCUT2D eigenvalue weighted by Crippen LogP contribution is -1.98. The Hall–Kier alpha value is -1.19. The predicted octanol–water partition coefficient (Wildman–Crippen LogP) is 3.54. The lowest BCUT2D eigenvalue weighted by Gasteiger charge is -2.10. The summed E-state index contributed by atoms with van der Waals surface area (Å²) in [7, 11) is 0. The zero-order valence-electron chi connectivity index (χ0n) is 9.92. The van der Waals surface area contributed by atoms with E-state index in [4.69, 9.17) is 20.8 Å². The van der Waals surface area contributed by atoms with Crippen LogP contribution in [0.1, 0.15) is 25.2 Å². The Labute approximate surface area is 105 Å². The maximum absolute atomic E-state index is 9.45. The minimum atomic E-state index is -0.150. The molecular weight excluding hydrogens is 240 g/mol. The van der Waals surface area contributed by atoms with Gasteiger partial charge < -0.3 is 14.3 Å². The summed E-state index contributed by atoms with van der Waals surface area (Å²) in [4.78, 5) is 0. The Morgan fingerprint density at radius 3 is 2.71 bits per heavy atom. The molecule has 0 aliphatic heterocycles. The molecule has 2 aromatic rings. The summed E-state index contributed by atoms with van der Waals surface area (Å²) in [6, 6.07) is 3.75. The number of halogens is 1. The van der Waals surface area contributed by atoms with Crippen LogP contribution in [0.15, 0.2) is 16.5 Å². The van der Waals surface area contributed by atoms with Crippen molar-refractivity contribution in [3.05, 3.63) is 28.5 Å². The van der Waals surface area contributed by atoms with Crippen molar-refractivity contribution in [2.24, 2.45) is 0 Å². The Morgan fingerprint density at radius 1 is 1.35 bits per heavy atom. The fourth-order valence-electron chi connectivity index (χ4n) is 1.87. The number of furan rings is 1. The Bertz CT molecular complexity index is 531. The molecule has 0 aliphatic carbocycles. The van der Waals surface area contributed by atoms with Crippen LogP contribution in [0.4, 0.5) is 0 Å². The van der Waals surface area contributed by atoms with Crippen molar-refractivity contribution in [3.63, 3.8) is 0 Å². The molecule has 0 aliphatic rings. The van der Waals surface area contributed by atoms with Crippen molar-refractivity contribution in [2.45, 2.75) is 26.9 Å². The average Bonchev–Trinajstić information content (AvgIpc) is 2.72. The average molecular weight is 255 g/mol. The summed E-state index contributed by atoms with van der Waals surface area (Å²) in [6.45, 7) is 4.24. The quantitative estimate of drug-likeness (QED) is 0.908. The van der Waals surface area contributed by atoms with Crippen molar-refractivity contribution in [1.82, 2.24) is 0 Å². The molecule has 1 heterocycles. The molecule has 0 amide bonds. The van der Waals surface area contributed by atoms with Gasteiger partial charge in [0.15, 0.2) is 0 Å². The maximum atomic E-state index is 9.45. The molecule has 3 nitrogen and oxygen atoms in total. The molecule has 0 spiro atoms. The second-order valence-electron chi connectivity index (χ2n) is 3.74. The first-order valence-electron chi connectivity index (χ1n) is 5.68.